The topological polar surface area (TPSA) is 102 Å². The predicted molar refractivity (Wildman–Crippen MR) is 159 cm³/mol. The van der Waals surface area contributed by atoms with Crippen LogP contribution in [0.15, 0.2) is 84.9 Å². The summed E-state index contributed by atoms with van der Waals surface area (Å²) in [5.74, 6) is 0.726. The van der Waals surface area contributed by atoms with Gasteiger partial charge in [0.05, 0.1) is 6.61 Å². The maximum absolute atomic E-state index is 13.3. The van der Waals surface area contributed by atoms with E-state index in [9.17, 15) is 9.90 Å². The molecule has 2 bridgehead atoms. The van der Waals surface area contributed by atoms with Gasteiger partial charge in [0.15, 0.2) is 0 Å². The molecule has 1 aliphatic carbocycles. The summed E-state index contributed by atoms with van der Waals surface area (Å²) in [6.07, 6.45) is 8.17. The molecule has 6 rings (SSSR count). The summed E-state index contributed by atoms with van der Waals surface area (Å²) in [4.78, 5) is 24.4. The van der Waals surface area contributed by atoms with Crippen LogP contribution in [0.3, 0.4) is 0 Å². The molecule has 7 nitrogen and oxygen atoms in total. The summed E-state index contributed by atoms with van der Waals surface area (Å²) in [6.45, 7) is 0.712. The minimum absolute atomic E-state index is 0.168. The molecule has 3 aromatic rings. The number of urea groups is 1. The SMILES string of the molecule is O=C(NC1CCC(CCN2C3CCC2c2ccccc23)CC1)NC(CO)(c1ccccc1)c1ccccc1.O=CO. The molecular formula is C34H41N3O4. The van der Waals surface area contributed by atoms with E-state index in [1.165, 1.54) is 25.8 Å². The minimum atomic E-state index is -0.990. The Labute approximate surface area is 242 Å². The molecule has 2 aliphatic heterocycles. The summed E-state index contributed by atoms with van der Waals surface area (Å²) < 4.78 is 0. The molecule has 2 unspecified atom stereocenters. The monoisotopic (exact) mass is 555 g/mol. The van der Waals surface area contributed by atoms with E-state index in [2.05, 4.69) is 39.8 Å². The lowest BCUT2D eigenvalue weighted by Gasteiger charge is -2.36. The van der Waals surface area contributed by atoms with Crippen molar-refractivity contribution in [1.29, 1.82) is 0 Å². The maximum atomic E-state index is 13.3. The van der Waals surface area contributed by atoms with Crippen molar-refractivity contribution in [3.05, 3.63) is 107 Å². The molecule has 1 saturated carbocycles. The fourth-order valence-corrected chi connectivity index (χ4v) is 7.28. The Morgan fingerprint density at radius 3 is 1.78 bits per heavy atom. The number of carbonyl (C=O) groups is 2. The van der Waals surface area contributed by atoms with Crippen LogP contribution >= 0.6 is 0 Å². The zero-order valence-electron chi connectivity index (χ0n) is 23.5. The lowest BCUT2D eigenvalue weighted by Crippen LogP contribution is -2.55. The predicted octanol–water partition coefficient (Wildman–Crippen LogP) is 5.76. The summed E-state index contributed by atoms with van der Waals surface area (Å²) in [5.41, 5.74) is 3.87. The smallest absolute Gasteiger partial charge is 0.316 e. The molecule has 41 heavy (non-hydrogen) atoms. The molecule has 2 amide bonds. The number of amides is 2. The van der Waals surface area contributed by atoms with E-state index in [1.54, 1.807) is 11.1 Å². The molecule has 2 atom stereocenters. The second-order valence-electron chi connectivity index (χ2n) is 11.5. The first-order valence-electron chi connectivity index (χ1n) is 14.8. The van der Waals surface area contributed by atoms with Crippen LogP contribution in [0, 0.1) is 5.92 Å². The highest BCUT2D eigenvalue weighted by Gasteiger charge is 2.43. The van der Waals surface area contributed by atoms with Gasteiger partial charge in [-0.25, -0.2) is 4.79 Å². The molecule has 3 aromatic carbocycles. The zero-order valence-corrected chi connectivity index (χ0v) is 23.5. The fraction of sp³-hybridized carbons (Fsp3) is 0.412. The van der Waals surface area contributed by atoms with Gasteiger partial charge in [0, 0.05) is 18.1 Å². The Hall–Kier alpha value is -3.68. The first-order chi connectivity index (χ1) is 20.1. The Bertz CT molecular complexity index is 1210. The number of aliphatic hydroxyl groups is 1. The van der Waals surface area contributed by atoms with Crippen molar-refractivity contribution in [2.24, 2.45) is 5.92 Å². The van der Waals surface area contributed by atoms with Gasteiger partial charge in [0.25, 0.3) is 6.47 Å². The van der Waals surface area contributed by atoms with E-state index >= 15 is 0 Å². The van der Waals surface area contributed by atoms with Gasteiger partial charge in [-0.05, 0) is 79.7 Å². The van der Waals surface area contributed by atoms with Crippen molar-refractivity contribution in [3.8, 4) is 0 Å². The van der Waals surface area contributed by atoms with Crippen LogP contribution in [-0.2, 0) is 10.3 Å². The number of carboxylic acid groups (broad SMARTS) is 1. The van der Waals surface area contributed by atoms with E-state index in [4.69, 9.17) is 9.90 Å². The van der Waals surface area contributed by atoms with Crippen LogP contribution in [0.5, 0.6) is 0 Å². The van der Waals surface area contributed by atoms with E-state index in [0.717, 1.165) is 42.7 Å². The summed E-state index contributed by atoms with van der Waals surface area (Å²) >= 11 is 0. The Morgan fingerprint density at radius 1 is 0.805 bits per heavy atom. The first kappa shape index (κ1) is 28.8. The third kappa shape index (κ3) is 6.16. The van der Waals surface area contributed by atoms with Crippen molar-refractivity contribution in [2.45, 2.75) is 68.6 Å². The minimum Gasteiger partial charge on any atom is -0.483 e. The van der Waals surface area contributed by atoms with Gasteiger partial charge in [-0.1, -0.05) is 84.9 Å². The van der Waals surface area contributed by atoms with Gasteiger partial charge >= 0.3 is 6.03 Å². The second kappa shape index (κ2) is 13.3. The van der Waals surface area contributed by atoms with Crippen molar-refractivity contribution in [3.63, 3.8) is 0 Å². The maximum Gasteiger partial charge on any atom is 0.316 e. The van der Waals surface area contributed by atoms with Gasteiger partial charge in [-0.15, -0.1) is 0 Å². The number of hydrogen-bond donors (Lipinski definition) is 4. The van der Waals surface area contributed by atoms with Gasteiger partial charge < -0.3 is 20.8 Å². The molecule has 1 saturated heterocycles. The largest absolute Gasteiger partial charge is 0.483 e. The Kier molecular flexibility index (Phi) is 9.37. The molecule has 4 N–H and O–H groups in total. The number of rotatable bonds is 8. The lowest BCUT2D eigenvalue weighted by atomic mass is 9.83. The lowest BCUT2D eigenvalue weighted by molar-refractivity contribution is -0.122. The average Bonchev–Trinajstić information content (AvgIpc) is 3.57. The number of benzene rings is 3. The molecule has 7 heteroatoms. The van der Waals surface area contributed by atoms with Gasteiger partial charge in [0.1, 0.15) is 5.54 Å². The third-order valence-corrected chi connectivity index (χ3v) is 9.30. The molecule has 0 spiro atoms. The molecule has 0 aromatic heterocycles. The zero-order chi connectivity index (χ0) is 28.7. The Balaban J connectivity index is 0.00000108. The summed E-state index contributed by atoms with van der Waals surface area (Å²) in [5, 5.41) is 23.8. The van der Waals surface area contributed by atoms with Crippen LogP contribution in [0.4, 0.5) is 4.79 Å². The number of fused-ring (bicyclic) bond motifs is 5. The van der Waals surface area contributed by atoms with E-state index in [0.29, 0.717) is 12.1 Å². The third-order valence-electron chi connectivity index (χ3n) is 9.30. The first-order valence-corrected chi connectivity index (χ1v) is 14.8. The molecule has 3 aliphatic rings. The van der Waals surface area contributed by atoms with Crippen LogP contribution in [-0.4, -0.2) is 46.8 Å². The number of hydrogen-bond acceptors (Lipinski definition) is 4. The van der Waals surface area contributed by atoms with Crippen molar-refractivity contribution in [1.82, 2.24) is 15.5 Å². The standard InChI is InChI=1S/C33H39N3O2.CH2O2/c37-23-33(25-9-3-1-4-10-25,26-11-5-2-6-12-26)35-32(38)34-27-17-15-24(16-18-27)21-22-36-30-19-20-31(36)29-14-8-7-13-28(29)30;2-1-3/h1-14,24,27,30-31,37H,15-23H2,(H2,34,35,38);1H,(H,2,3). The van der Waals surface area contributed by atoms with E-state index in [-0.39, 0.29) is 25.2 Å². The highest BCUT2D eigenvalue weighted by Crippen LogP contribution is 2.53. The average molecular weight is 556 g/mol. The van der Waals surface area contributed by atoms with Gasteiger partial charge in [-0.3, -0.25) is 9.69 Å². The summed E-state index contributed by atoms with van der Waals surface area (Å²) in [6, 6.07) is 29.7. The number of carbonyl (C=O) groups excluding carboxylic acids is 1. The molecule has 0 radical (unpaired) electrons. The van der Waals surface area contributed by atoms with Crippen LogP contribution in [0.25, 0.3) is 0 Å². The van der Waals surface area contributed by atoms with E-state index < -0.39 is 5.54 Å². The van der Waals surface area contributed by atoms with Crippen molar-refractivity contribution in [2.75, 3.05) is 13.2 Å². The fourth-order valence-electron chi connectivity index (χ4n) is 7.28. The molecule has 2 fully saturated rings. The van der Waals surface area contributed by atoms with Crippen molar-refractivity contribution >= 4 is 12.5 Å². The van der Waals surface area contributed by atoms with Crippen LogP contribution < -0.4 is 10.6 Å². The number of aliphatic hydroxyl groups excluding tert-OH is 1. The molecule has 2 heterocycles. The van der Waals surface area contributed by atoms with E-state index in [1.807, 2.05) is 60.7 Å². The van der Waals surface area contributed by atoms with Gasteiger partial charge in [0.2, 0.25) is 0 Å². The summed E-state index contributed by atoms with van der Waals surface area (Å²) in [7, 11) is 0. The van der Waals surface area contributed by atoms with Crippen LogP contribution in [0.2, 0.25) is 0 Å². The Morgan fingerprint density at radius 2 is 1.29 bits per heavy atom. The molecule has 216 valence electrons. The normalized spacial score (nSPS) is 23.1. The second-order valence-corrected chi connectivity index (χ2v) is 11.5. The number of nitrogens with one attached hydrogen (secondary N) is 2. The van der Waals surface area contributed by atoms with Gasteiger partial charge in [-0.2, -0.15) is 0 Å². The highest BCUT2D eigenvalue weighted by molar-refractivity contribution is 5.76. The quantitative estimate of drug-likeness (QED) is 0.265. The van der Waals surface area contributed by atoms with Crippen molar-refractivity contribution < 1.29 is 19.8 Å². The number of nitrogens with zero attached hydrogens (tertiary/aromatic N) is 1. The van der Waals surface area contributed by atoms with Crippen LogP contribution in [0.1, 0.15) is 79.3 Å². The highest BCUT2D eigenvalue weighted by atomic mass is 16.3. The molecular weight excluding hydrogens is 514 g/mol.